The van der Waals surface area contributed by atoms with Crippen molar-refractivity contribution in [2.45, 2.75) is 230 Å². The van der Waals surface area contributed by atoms with Crippen LogP contribution < -0.4 is 5.32 Å². The summed E-state index contributed by atoms with van der Waals surface area (Å²) in [4.78, 5) is 56.4. The first-order chi connectivity index (χ1) is 39.3. The number of hydrogen-bond donors (Lipinski definition) is 1. The zero-order chi connectivity index (χ0) is 56.2. The molecule has 436 valence electrons. The van der Waals surface area contributed by atoms with Gasteiger partial charge in [-0.25, -0.2) is 14.4 Å². The molecular weight excluding hydrogens is 1010 g/mol. The van der Waals surface area contributed by atoms with Gasteiger partial charge in [-0.1, -0.05) is 246 Å². The molecule has 8 atom stereocenters. The quantitative estimate of drug-likeness (QED) is 0.0197. The van der Waals surface area contributed by atoms with Crippen LogP contribution in [-0.2, 0) is 38.0 Å². The van der Waals surface area contributed by atoms with Gasteiger partial charge in [0.15, 0.2) is 24.8 Å². The largest absolute Gasteiger partial charge is 0.452 e. The van der Waals surface area contributed by atoms with Gasteiger partial charge in [-0.3, -0.25) is 4.79 Å². The Hall–Kier alpha value is -5.66. The molecule has 0 radical (unpaired) electrons. The van der Waals surface area contributed by atoms with Crippen molar-refractivity contribution < 1.29 is 52.3 Å². The standard InChI is InChI=1S/C68H93NO11/c1-3-5-7-9-11-13-15-17-19-21-23-25-39-49-58(76-64(71)53-41-31-27-32-42-53)57(69-60(70)50-40-26-24-22-20-18-16-14-12-10-8-6-4-2)51-74-68-63(79-66(73)55-45-35-29-36-46-55)62(78-65(72)54-43-33-28-34-44-54)61-59(77-68)52-75-67(80-61)56-47-37-30-38-48-56/h27-39,41-49,57-59,61-63,67-68H,3-26,40,50-52H2,1-2H3,(H,69,70)/t57-,58+,59+,61-,62-,63+,67?,68+/m0/s1. The average Bonchev–Trinajstić information content (AvgIpc) is 3.54. The lowest BCUT2D eigenvalue weighted by Gasteiger charge is -2.48. The molecule has 0 bridgehead atoms. The molecule has 12 nitrogen and oxygen atoms in total. The molecule has 0 aliphatic carbocycles. The molecule has 4 aromatic rings. The number of fused-ring (bicyclic) bond motifs is 1. The molecular formula is C68H93NO11. The van der Waals surface area contributed by atoms with E-state index in [-0.39, 0.29) is 36.7 Å². The minimum Gasteiger partial charge on any atom is -0.452 e. The Morgan fingerprint density at radius 3 is 1.46 bits per heavy atom. The molecule has 2 fully saturated rings. The summed E-state index contributed by atoms with van der Waals surface area (Å²) in [5.41, 5.74) is 1.63. The predicted molar refractivity (Wildman–Crippen MR) is 314 cm³/mol. The minimum atomic E-state index is -1.39. The molecule has 80 heavy (non-hydrogen) atoms. The third-order valence-corrected chi connectivity index (χ3v) is 15.1. The van der Waals surface area contributed by atoms with Crippen LogP contribution in [0.15, 0.2) is 133 Å². The van der Waals surface area contributed by atoms with Crippen molar-refractivity contribution >= 4 is 23.8 Å². The summed E-state index contributed by atoms with van der Waals surface area (Å²) in [6, 6.07) is 34.3. The number of carbonyl (C=O) groups excluding carboxylic acids is 4. The molecule has 6 rings (SSSR count). The Kier molecular flexibility index (Phi) is 30.3. The molecule has 2 saturated heterocycles. The van der Waals surface area contributed by atoms with Crippen LogP contribution in [0.2, 0.25) is 0 Å². The lowest BCUT2D eigenvalue weighted by molar-refractivity contribution is -0.360. The molecule has 0 aromatic heterocycles. The summed E-state index contributed by atoms with van der Waals surface area (Å²) in [6.45, 7) is 4.26. The zero-order valence-electron chi connectivity index (χ0n) is 48.1. The van der Waals surface area contributed by atoms with Crippen molar-refractivity contribution in [3.05, 3.63) is 156 Å². The maximum Gasteiger partial charge on any atom is 0.338 e. The highest BCUT2D eigenvalue weighted by Crippen LogP contribution is 2.38. The van der Waals surface area contributed by atoms with Crippen LogP contribution in [0.4, 0.5) is 0 Å². The maximum absolute atomic E-state index is 14.2. The van der Waals surface area contributed by atoms with Gasteiger partial charge in [-0.05, 0) is 61.7 Å². The first kappa shape index (κ1) is 63.5. The maximum atomic E-state index is 14.2. The van der Waals surface area contributed by atoms with Crippen LogP contribution in [0.1, 0.15) is 224 Å². The molecule has 1 unspecified atom stereocenters. The second-order valence-electron chi connectivity index (χ2n) is 21.7. The van der Waals surface area contributed by atoms with E-state index in [1.165, 1.54) is 109 Å². The van der Waals surface area contributed by atoms with Crippen molar-refractivity contribution in [3.63, 3.8) is 0 Å². The lowest BCUT2D eigenvalue weighted by atomic mass is 9.96. The van der Waals surface area contributed by atoms with E-state index < -0.39 is 67.0 Å². The minimum absolute atomic E-state index is 0.0151. The summed E-state index contributed by atoms with van der Waals surface area (Å²) in [5.74, 6) is -2.15. The summed E-state index contributed by atoms with van der Waals surface area (Å²) in [5, 5.41) is 3.19. The van der Waals surface area contributed by atoms with Crippen molar-refractivity contribution in [1.82, 2.24) is 5.32 Å². The van der Waals surface area contributed by atoms with Gasteiger partial charge in [0.1, 0.15) is 18.3 Å². The molecule has 1 amide bonds. The molecule has 1 N–H and O–H groups in total. The fourth-order valence-corrected chi connectivity index (χ4v) is 10.4. The van der Waals surface area contributed by atoms with E-state index in [1.54, 1.807) is 84.9 Å². The highest BCUT2D eigenvalue weighted by atomic mass is 16.8. The number of nitrogens with one attached hydrogen (secondary N) is 1. The van der Waals surface area contributed by atoms with Gasteiger partial charge in [-0.15, -0.1) is 0 Å². The normalized spacial score (nSPS) is 19.6. The number of allylic oxidation sites excluding steroid dienone is 1. The van der Waals surface area contributed by atoms with Crippen molar-refractivity contribution in [2.24, 2.45) is 0 Å². The Bertz CT molecular complexity index is 2330. The van der Waals surface area contributed by atoms with Crippen molar-refractivity contribution in [1.29, 1.82) is 0 Å². The van der Waals surface area contributed by atoms with Crippen LogP contribution >= 0.6 is 0 Å². The summed E-state index contributed by atoms with van der Waals surface area (Å²) >= 11 is 0. The molecule has 12 heteroatoms. The van der Waals surface area contributed by atoms with Gasteiger partial charge in [0, 0.05) is 12.0 Å². The van der Waals surface area contributed by atoms with E-state index in [4.69, 9.17) is 33.2 Å². The smallest absolute Gasteiger partial charge is 0.338 e. The highest BCUT2D eigenvalue weighted by molar-refractivity contribution is 5.91. The summed E-state index contributed by atoms with van der Waals surface area (Å²) in [7, 11) is 0. The fourth-order valence-electron chi connectivity index (χ4n) is 10.4. The Balaban J connectivity index is 1.22. The molecule has 2 heterocycles. The second kappa shape index (κ2) is 38.1. The number of benzene rings is 4. The van der Waals surface area contributed by atoms with Gasteiger partial charge in [-0.2, -0.15) is 0 Å². The number of carbonyl (C=O) groups is 4. The van der Waals surface area contributed by atoms with Gasteiger partial charge < -0.3 is 38.5 Å². The lowest BCUT2D eigenvalue weighted by Crippen LogP contribution is -2.64. The molecule has 4 aromatic carbocycles. The van der Waals surface area contributed by atoms with Gasteiger partial charge in [0.2, 0.25) is 5.91 Å². The monoisotopic (exact) mass is 1100 g/mol. The van der Waals surface area contributed by atoms with Crippen LogP contribution in [0, 0.1) is 0 Å². The Labute approximate surface area is 478 Å². The third kappa shape index (κ3) is 23.1. The Morgan fingerprint density at radius 1 is 0.525 bits per heavy atom. The second-order valence-corrected chi connectivity index (χ2v) is 21.7. The summed E-state index contributed by atoms with van der Waals surface area (Å²) in [6.07, 6.45) is 26.1. The number of amides is 1. The molecule has 0 spiro atoms. The Morgan fingerprint density at radius 2 is 0.963 bits per heavy atom. The number of hydrogen-bond acceptors (Lipinski definition) is 11. The van der Waals surface area contributed by atoms with E-state index >= 15 is 0 Å². The first-order valence-corrected chi connectivity index (χ1v) is 30.7. The van der Waals surface area contributed by atoms with Gasteiger partial charge in [0.05, 0.1) is 35.9 Å². The third-order valence-electron chi connectivity index (χ3n) is 15.1. The predicted octanol–water partition coefficient (Wildman–Crippen LogP) is 15.7. The average molecular weight is 1100 g/mol. The zero-order valence-corrected chi connectivity index (χ0v) is 48.1. The van der Waals surface area contributed by atoms with Gasteiger partial charge >= 0.3 is 17.9 Å². The molecule has 2 aliphatic rings. The summed E-state index contributed by atoms with van der Waals surface area (Å²) < 4.78 is 45.3. The SMILES string of the molecule is CCCCCCCCCCCCCC=C[C@@H](OC(=O)c1ccccc1)[C@H](CO[C@@H]1O[C@@H]2COC(c3ccccc3)O[C@@H]2[C@H](OC(=O)c2ccccc2)[C@H]1OC(=O)c1ccccc1)NC(=O)CCCCCCCCCCCCCCC. The van der Waals surface area contributed by atoms with E-state index in [0.29, 0.717) is 12.0 Å². The van der Waals surface area contributed by atoms with Crippen molar-refractivity contribution in [3.8, 4) is 0 Å². The fraction of sp³-hybridized carbons (Fsp3) is 0.559. The van der Waals surface area contributed by atoms with Crippen LogP contribution in [0.3, 0.4) is 0 Å². The van der Waals surface area contributed by atoms with E-state index in [2.05, 4.69) is 19.2 Å². The molecule has 0 saturated carbocycles. The number of ether oxygens (including phenoxy) is 7. The van der Waals surface area contributed by atoms with Crippen molar-refractivity contribution in [2.75, 3.05) is 13.2 Å². The molecule has 2 aliphatic heterocycles. The van der Waals surface area contributed by atoms with E-state index in [1.807, 2.05) is 48.6 Å². The number of unbranched alkanes of at least 4 members (excludes halogenated alkanes) is 23. The van der Waals surface area contributed by atoms with Gasteiger partial charge in [0.25, 0.3) is 0 Å². The van der Waals surface area contributed by atoms with Crippen LogP contribution in [0.25, 0.3) is 0 Å². The van der Waals surface area contributed by atoms with Crippen LogP contribution in [-0.4, -0.2) is 79.9 Å². The number of rotatable bonds is 39. The van der Waals surface area contributed by atoms with E-state index in [0.717, 1.165) is 50.5 Å². The highest BCUT2D eigenvalue weighted by Gasteiger charge is 2.54. The van der Waals surface area contributed by atoms with Crippen LogP contribution in [0.5, 0.6) is 0 Å². The van der Waals surface area contributed by atoms with E-state index in [9.17, 15) is 19.2 Å². The number of esters is 3. The topological polar surface area (TPSA) is 145 Å². The first-order valence-electron chi connectivity index (χ1n) is 30.7.